The van der Waals surface area contributed by atoms with Gasteiger partial charge < -0.3 is 4.57 Å². The highest BCUT2D eigenvalue weighted by molar-refractivity contribution is 7.89. The zero-order valence-electron chi connectivity index (χ0n) is 18.9. The summed E-state index contributed by atoms with van der Waals surface area (Å²) in [4.78, 5) is 26.3. The molecule has 1 N–H and O–H groups in total. The van der Waals surface area contributed by atoms with Gasteiger partial charge in [0.2, 0.25) is 10.0 Å². The number of hydrogen-bond donors (Lipinski definition) is 1. The lowest BCUT2D eigenvalue weighted by Gasteiger charge is -2.15. The molecule has 33 heavy (non-hydrogen) atoms. The molecule has 0 saturated carbocycles. The van der Waals surface area contributed by atoms with E-state index in [1.165, 1.54) is 0 Å². The number of carbonyl (C=O) groups excluding carboxylic acids is 2. The summed E-state index contributed by atoms with van der Waals surface area (Å²) in [5, 5.41) is 0.761. The largest absolute Gasteiger partial charge is 0.331 e. The van der Waals surface area contributed by atoms with Crippen LogP contribution in [0.15, 0.2) is 60.7 Å². The number of nitrogens with one attached hydrogen (secondary N) is 1. The predicted molar refractivity (Wildman–Crippen MR) is 131 cm³/mol. The van der Waals surface area contributed by atoms with Crippen molar-refractivity contribution >= 4 is 38.2 Å². The van der Waals surface area contributed by atoms with Gasteiger partial charge in [0.1, 0.15) is 5.69 Å². The molecule has 7 heteroatoms. The van der Waals surface area contributed by atoms with Gasteiger partial charge in [0, 0.05) is 35.0 Å². The van der Waals surface area contributed by atoms with Gasteiger partial charge in [0.25, 0.3) is 5.91 Å². The number of carbonyl (C=O) groups is 2. The Labute approximate surface area is 193 Å². The highest BCUT2D eigenvalue weighted by Gasteiger charge is 2.29. The van der Waals surface area contributed by atoms with Crippen molar-refractivity contribution in [2.75, 3.05) is 6.26 Å². The van der Waals surface area contributed by atoms with Crippen molar-refractivity contribution in [3.63, 3.8) is 0 Å². The molecule has 2 aromatic carbocycles. The molecule has 0 unspecified atom stereocenters. The molecular weight excluding hydrogens is 436 g/mol. The van der Waals surface area contributed by atoms with Gasteiger partial charge in [-0.15, -0.1) is 0 Å². The first-order chi connectivity index (χ1) is 15.7. The molecule has 0 atom stereocenters. The smallest absolute Gasteiger partial charge is 0.282 e. The number of amides is 1. The van der Waals surface area contributed by atoms with Crippen LogP contribution in [0, 0.1) is 6.92 Å². The quantitative estimate of drug-likeness (QED) is 0.596. The van der Waals surface area contributed by atoms with Crippen LogP contribution in [0.25, 0.3) is 16.5 Å². The Morgan fingerprint density at radius 3 is 2.58 bits per heavy atom. The lowest BCUT2D eigenvalue weighted by Crippen LogP contribution is -2.32. The highest BCUT2D eigenvalue weighted by atomic mass is 32.2. The Bertz CT molecular complexity index is 1440. The number of sulfonamides is 1. The maximum Gasteiger partial charge on any atom is 0.282 e. The number of aryl methyl sites for hydroxylation is 2. The molecule has 3 aromatic rings. The van der Waals surface area contributed by atoms with Crippen LogP contribution in [0.1, 0.15) is 46.1 Å². The summed E-state index contributed by atoms with van der Waals surface area (Å²) >= 11 is 0. The van der Waals surface area contributed by atoms with Crippen molar-refractivity contribution in [3.8, 4) is 0 Å². The van der Waals surface area contributed by atoms with Crippen LogP contribution >= 0.6 is 0 Å². The minimum Gasteiger partial charge on any atom is -0.331 e. The van der Waals surface area contributed by atoms with Gasteiger partial charge in [-0.05, 0) is 42.2 Å². The summed E-state index contributed by atoms with van der Waals surface area (Å²) in [5.41, 5.74) is 4.94. The second-order valence-corrected chi connectivity index (χ2v) is 10.0. The normalized spacial score (nSPS) is 13.9. The molecule has 1 aliphatic carbocycles. The van der Waals surface area contributed by atoms with Crippen LogP contribution in [0.3, 0.4) is 0 Å². The van der Waals surface area contributed by atoms with Crippen LogP contribution in [-0.4, -0.2) is 30.9 Å². The molecule has 0 saturated heterocycles. The Morgan fingerprint density at radius 2 is 1.91 bits per heavy atom. The van der Waals surface area contributed by atoms with E-state index in [4.69, 9.17) is 0 Å². The summed E-state index contributed by atoms with van der Waals surface area (Å²) in [7, 11) is -3.81. The molecule has 1 amide bonds. The number of nitrogens with zero attached hydrogens (tertiary/aromatic N) is 1. The molecule has 6 nitrogen and oxygen atoms in total. The Balaban J connectivity index is 2.07. The number of Topliss-reactive ketones (excluding diaryl/α,β-unsaturated/α-hetero) is 1. The monoisotopic (exact) mass is 462 g/mol. The number of benzene rings is 2. The number of fused-ring (bicyclic) bond motifs is 1. The van der Waals surface area contributed by atoms with Gasteiger partial charge in [0.15, 0.2) is 5.78 Å². The van der Waals surface area contributed by atoms with Gasteiger partial charge in [-0.2, -0.15) is 0 Å². The number of hydrogen-bond acceptors (Lipinski definition) is 4. The second kappa shape index (κ2) is 8.83. The average molecular weight is 463 g/mol. The SMILES string of the molecule is CCc1ccc2c(c1)c(C1=CC=CCC1=O)c(C(=O)NS(C)(=O)=O)n2Cc1ccccc1C. The fourth-order valence-corrected chi connectivity index (χ4v) is 4.67. The van der Waals surface area contributed by atoms with Gasteiger partial charge >= 0.3 is 0 Å². The average Bonchev–Trinajstić information content (AvgIpc) is 3.08. The van der Waals surface area contributed by atoms with Crippen molar-refractivity contribution in [2.24, 2.45) is 0 Å². The van der Waals surface area contributed by atoms with Crippen LogP contribution in [0.4, 0.5) is 0 Å². The molecule has 0 fully saturated rings. The maximum absolute atomic E-state index is 13.4. The first kappa shape index (κ1) is 22.7. The molecule has 1 aliphatic rings. The second-order valence-electron chi connectivity index (χ2n) is 8.28. The van der Waals surface area contributed by atoms with Crippen molar-refractivity contribution in [3.05, 3.63) is 88.6 Å². The van der Waals surface area contributed by atoms with Crippen molar-refractivity contribution < 1.29 is 18.0 Å². The fraction of sp³-hybridized carbons (Fsp3) is 0.231. The molecule has 0 bridgehead atoms. The molecule has 1 heterocycles. The maximum atomic E-state index is 13.4. The molecule has 0 aliphatic heterocycles. The summed E-state index contributed by atoms with van der Waals surface area (Å²) in [6.45, 7) is 4.39. The molecular formula is C26H26N2O4S. The van der Waals surface area contributed by atoms with Crippen LogP contribution < -0.4 is 4.72 Å². The number of rotatable bonds is 6. The Kier molecular flexibility index (Phi) is 6.08. The minimum absolute atomic E-state index is 0.109. The van der Waals surface area contributed by atoms with E-state index in [9.17, 15) is 18.0 Å². The van der Waals surface area contributed by atoms with Crippen molar-refractivity contribution in [1.29, 1.82) is 0 Å². The van der Waals surface area contributed by atoms with Gasteiger partial charge in [0.05, 0.1) is 6.26 Å². The molecule has 170 valence electrons. The summed E-state index contributed by atoms with van der Waals surface area (Å²) in [5.74, 6) is -0.860. The predicted octanol–water partition coefficient (Wildman–Crippen LogP) is 4.16. The third kappa shape index (κ3) is 4.54. The highest BCUT2D eigenvalue weighted by Crippen LogP contribution is 2.36. The zero-order valence-corrected chi connectivity index (χ0v) is 19.7. The van der Waals surface area contributed by atoms with E-state index in [0.29, 0.717) is 17.7 Å². The first-order valence-corrected chi connectivity index (χ1v) is 12.7. The lowest BCUT2D eigenvalue weighted by atomic mass is 9.93. The summed E-state index contributed by atoms with van der Waals surface area (Å²) < 4.78 is 27.9. The third-order valence-electron chi connectivity index (χ3n) is 5.89. The Hall–Kier alpha value is -3.45. The standard InChI is InChI=1S/C26H26N2O4S/c1-4-18-13-14-22-21(15-18)24(20-11-7-8-12-23(20)29)25(26(30)27-33(3,31)32)28(22)16-19-10-6-5-9-17(19)2/h5-11,13-15H,4,12,16H2,1-3H3,(H,27,30). The zero-order chi connectivity index (χ0) is 23.8. The summed E-state index contributed by atoms with van der Waals surface area (Å²) in [6, 6.07) is 13.8. The first-order valence-electron chi connectivity index (χ1n) is 10.8. The van der Waals surface area contributed by atoms with Crippen LogP contribution in [0.2, 0.25) is 0 Å². The van der Waals surface area contributed by atoms with Crippen LogP contribution in [0.5, 0.6) is 0 Å². The third-order valence-corrected chi connectivity index (χ3v) is 6.45. The van der Waals surface area contributed by atoms with E-state index in [-0.39, 0.29) is 17.9 Å². The Morgan fingerprint density at radius 1 is 1.15 bits per heavy atom. The topological polar surface area (TPSA) is 85.2 Å². The van der Waals surface area contributed by atoms with E-state index in [1.54, 1.807) is 18.2 Å². The van der Waals surface area contributed by atoms with Gasteiger partial charge in [-0.25, -0.2) is 13.1 Å². The molecule has 1 aromatic heterocycles. The van der Waals surface area contributed by atoms with Gasteiger partial charge in [-0.3, -0.25) is 9.59 Å². The lowest BCUT2D eigenvalue weighted by molar-refractivity contribution is -0.113. The van der Waals surface area contributed by atoms with E-state index in [1.807, 2.05) is 60.9 Å². The molecule has 4 rings (SSSR count). The molecule has 0 radical (unpaired) electrons. The molecule has 0 spiro atoms. The van der Waals surface area contributed by atoms with E-state index in [0.717, 1.165) is 40.3 Å². The fourth-order valence-electron chi connectivity index (χ4n) is 4.23. The van der Waals surface area contributed by atoms with Crippen LogP contribution in [-0.2, 0) is 27.8 Å². The van der Waals surface area contributed by atoms with Gasteiger partial charge in [-0.1, -0.05) is 55.5 Å². The van der Waals surface area contributed by atoms with E-state index < -0.39 is 15.9 Å². The minimum atomic E-state index is -3.81. The summed E-state index contributed by atoms with van der Waals surface area (Å²) in [6.07, 6.45) is 7.23. The number of ketones is 1. The number of allylic oxidation sites excluding steroid dienone is 4. The van der Waals surface area contributed by atoms with E-state index in [2.05, 4.69) is 4.72 Å². The van der Waals surface area contributed by atoms with E-state index >= 15 is 0 Å². The van der Waals surface area contributed by atoms with Crippen molar-refractivity contribution in [1.82, 2.24) is 9.29 Å². The van der Waals surface area contributed by atoms with Crippen molar-refractivity contribution in [2.45, 2.75) is 33.2 Å². The number of aromatic nitrogens is 1.